The molecule has 3 rings (SSSR count). The van der Waals surface area contributed by atoms with Gasteiger partial charge in [-0.1, -0.05) is 0 Å². The number of nitrogens with zero attached hydrogens (tertiary/aromatic N) is 6. The molecule has 0 aliphatic rings. The Labute approximate surface area is 134 Å². The first kappa shape index (κ1) is 15.2. The second-order valence-corrected chi connectivity index (χ2v) is 5.41. The lowest BCUT2D eigenvalue weighted by Crippen LogP contribution is -2.30. The van der Waals surface area contributed by atoms with E-state index in [0.29, 0.717) is 18.3 Å². The quantitative estimate of drug-likeness (QED) is 0.688. The summed E-state index contributed by atoms with van der Waals surface area (Å²) in [5, 5.41) is 8.19. The van der Waals surface area contributed by atoms with Crippen LogP contribution in [0.3, 0.4) is 0 Å². The zero-order chi connectivity index (χ0) is 16.1. The summed E-state index contributed by atoms with van der Waals surface area (Å²) >= 11 is 0. The molecule has 0 fully saturated rings. The van der Waals surface area contributed by atoms with Crippen LogP contribution in [0, 0.1) is 0 Å². The molecule has 0 bridgehead atoms. The van der Waals surface area contributed by atoms with E-state index < -0.39 is 0 Å². The number of hydrogen-bond acceptors (Lipinski definition) is 7. The second kappa shape index (κ2) is 7.06. The molecule has 0 spiro atoms. The highest BCUT2D eigenvalue weighted by atomic mass is 16.4. The minimum atomic E-state index is 0.278. The lowest BCUT2D eigenvalue weighted by atomic mass is 10.1. The van der Waals surface area contributed by atoms with Crippen molar-refractivity contribution in [2.45, 2.75) is 25.9 Å². The van der Waals surface area contributed by atoms with Crippen LogP contribution >= 0.6 is 0 Å². The Kier molecular flexibility index (Phi) is 4.68. The van der Waals surface area contributed by atoms with Crippen LogP contribution in [0.4, 0.5) is 0 Å². The van der Waals surface area contributed by atoms with Gasteiger partial charge in [0.1, 0.15) is 0 Å². The molecule has 0 N–H and O–H groups in total. The smallest absolute Gasteiger partial charge is 0.249 e. The molecule has 0 amide bonds. The lowest BCUT2D eigenvalue weighted by Gasteiger charge is -2.22. The van der Waals surface area contributed by atoms with Gasteiger partial charge in [0, 0.05) is 43.4 Å². The molecule has 7 heteroatoms. The van der Waals surface area contributed by atoms with Crippen LogP contribution < -0.4 is 0 Å². The fourth-order valence-corrected chi connectivity index (χ4v) is 2.19. The average Bonchev–Trinajstić information content (AvgIpc) is 3.05. The molecule has 0 unspecified atom stereocenters. The molecule has 0 aliphatic heterocycles. The van der Waals surface area contributed by atoms with Crippen LogP contribution in [0.1, 0.15) is 18.5 Å². The van der Waals surface area contributed by atoms with Crippen LogP contribution in [0.2, 0.25) is 0 Å². The molecule has 0 radical (unpaired) electrons. The third-order valence-corrected chi connectivity index (χ3v) is 3.63. The van der Waals surface area contributed by atoms with Crippen LogP contribution in [0.25, 0.3) is 11.5 Å². The van der Waals surface area contributed by atoms with Crippen molar-refractivity contribution < 1.29 is 4.42 Å². The average molecular weight is 310 g/mol. The van der Waals surface area contributed by atoms with Gasteiger partial charge < -0.3 is 4.42 Å². The van der Waals surface area contributed by atoms with Gasteiger partial charge in [-0.15, -0.1) is 10.2 Å². The van der Waals surface area contributed by atoms with E-state index in [1.165, 1.54) is 0 Å². The summed E-state index contributed by atoms with van der Waals surface area (Å²) in [7, 11) is 2.02. The van der Waals surface area contributed by atoms with E-state index in [0.717, 1.165) is 17.7 Å². The van der Waals surface area contributed by atoms with Crippen molar-refractivity contribution in [2.75, 3.05) is 7.05 Å². The maximum Gasteiger partial charge on any atom is 0.249 e. The van der Waals surface area contributed by atoms with E-state index in [1.54, 1.807) is 31.0 Å². The highest BCUT2D eigenvalue weighted by Crippen LogP contribution is 2.17. The van der Waals surface area contributed by atoms with E-state index in [4.69, 9.17) is 4.42 Å². The third-order valence-electron chi connectivity index (χ3n) is 3.63. The Morgan fingerprint density at radius 3 is 2.74 bits per heavy atom. The Balaban J connectivity index is 1.62. The largest absolute Gasteiger partial charge is 0.419 e. The van der Waals surface area contributed by atoms with E-state index >= 15 is 0 Å². The molecular weight excluding hydrogens is 292 g/mol. The number of aromatic nitrogens is 5. The molecule has 0 saturated carbocycles. The number of pyridine rings is 1. The van der Waals surface area contributed by atoms with Gasteiger partial charge in [0.05, 0.1) is 17.8 Å². The SMILES string of the molecule is C[C@H](Cc1cnccn1)N(C)Cc1nnc(-c2cccnc2)o1. The zero-order valence-electron chi connectivity index (χ0n) is 13.1. The number of likely N-dealkylation sites (N-methyl/N-ethyl adjacent to an activating group) is 1. The van der Waals surface area contributed by atoms with Crippen molar-refractivity contribution in [3.05, 3.63) is 54.7 Å². The fourth-order valence-electron chi connectivity index (χ4n) is 2.19. The minimum absolute atomic E-state index is 0.278. The molecule has 3 aromatic rings. The van der Waals surface area contributed by atoms with Gasteiger partial charge in [0.15, 0.2) is 0 Å². The van der Waals surface area contributed by atoms with Crippen molar-refractivity contribution in [3.63, 3.8) is 0 Å². The van der Waals surface area contributed by atoms with Gasteiger partial charge in [-0.2, -0.15) is 0 Å². The van der Waals surface area contributed by atoms with Gasteiger partial charge in [-0.05, 0) is 26.1 Å². The minimum Gasteiger partial charge on any atom is -0.419 e. The maximum atomic E-state index is 5.71. The van der Waals surface area contributed by atoms with E-state index in [-0.39, 0.29) is 6.04 Å². The van der Waals surface area contributed by atoms with Gasteiger partial charge in [-0.3, -0.25) is 19.9 Å². The molecule has 23 heavy (non-hydrogen) atoms. The summed E-state index contributed by atoms with van der Waals surface area (Å²) in [5.41, 5.74) is 1.79. The molecule has 0 saturated heterocycles. The van der Waals surface area contributed by atoms with Crippen LogP contribution in [0.5, 0.6) is 0 Å². The van der Waals surface area contributed by atoms with Gasteiger partial charge in [-0.25, -0.2) is 0 Å². The summed E-state index contributed by atoms with van der Waals surface area (Å²) in [6, 6.07) is 4.01. The maximum absolute atomic E-state index is 5.71. The molecular formula is C16H18N6O. The van der Waals surface area contributed by atoms with E-state index in [9.17, 15) is 0 Å². The number of rotatable bonds is 6. The predicted octanol–water partition coefficient (Wildman–Crippen LogP) is 1.98. The second-order valence-electron chi connectivity index (χ2n) is 5.41. The standard InChI is InChI=1S/C16H18N6O/c1-12(8-14-10-18-6-7-19-14)22(2)11-15-20-21-16(23-15)13-4-3-5-17-9-13/h3-7,9-10,12H,8,11H2,1-2H3/t12-/m1/s1. The van der Waals surface area contributed by atoms with Crippen molar-refractivity contribution in [1.82, 2.24) is 30.0 Å². The van der Waals surface area contributed by atoms with Gasteiger partial charge in [0.25, 0.3) is 0 Å². The van der Waals surface area contributed by atoms with Crippen molar-refractivity contribution in [3.8, 4) is 11.5 Å². The van der Waals surface area contributed by atoms with Gasteiger partial charge in [0.2, 0.25) is 11.8 Å². The molecule has 3 heterocycles. The summed E-state index contributed by atoms with van der Waals surface area (Å²) in [6.07, 6.45) is 9.41. The summed E-state index contributed by atoms with van der Waals surface area (Å²) in [6.45, 7) is 2.71. The topological polar surface area (TPSA) is 80.8 Å². The molecule has 3 aromatic heterocycles. The zero-order valence-corrected chi connectivity index (χ0v) is 13.1. The van der Waals surface area contributed by atoms with Crippen molar-refractivity contribution >= 4 is 0 Å². The third kappa shape index (κ3) is 3.95. The first-order valence-corrected chi connectivity index (χ1v) is 7.40. The fraction of sp³-hybridized carbons (Fsp3) is 0.312. The monoisotopic (exact) mass is 310 g/mol. The predicted molar refractivity (Wildman–Crippen MR) is 84.2 cm³/mol. The molecule has 0 aliphatic carbocycles. The van der Waals surface area contributed by atoms with Gasteiger partial charge >= 0.3 is 0 Å². The van der Waals surface area contributed by atoms with E-state index in [2.05, 4.69) is 37.0 Å². The normalized spacial score (nSPS) is 12.5. The molecule has 118 valence electrons. The molecule has 0 aromatic carbocycles. The Hall–Kier alpha value is -2.67. The number of hydrogen-bond donors (Lipinski definition) is 0. The summed E-state index contributed by atoms with van der Waals surface area (Å²) in [4.78, 5) is 14.6. The highest BCUT2D eigenvalue weighted by Gasteiger charge is 2.15. The summed E-state index contributed by atoms with van der Waals surface area (Å²) in [5.74, 6) is 1.07. The van der Waals surface area contributed by atoms with Crippen molar-refractivity contribution in [2.24, 2.45) is 0 Å². The summed E-state index contributed by atoms with van der Waals surface area (Å²) < 4.78 is 5.71. The molecule has 1 atom stereocenters. The first-order valence-electron chi connectivity index (χ1n) is 7.40. The van der Waals surface area contributed by atoms with E-state index in [1.807, 2.05) is 19.2 Å². The van der Waals surface area contributed by atoms with Crippen LogP contribution in [-0.2, 0) is 13.0 Å². The van der Waals surface area contributed by atoms with Crippen LogP contribution in [0.15, 0.2) is 47.5 Å². The van der Waals surface area contributed by atoms with Crippen molar-refractivity contribution in [1.29, 1.82) is 0 Å². The highest BCUT2D eigenvalue weighted by molar-refractivity contribution is 5.49. The van der Waals surface area contributed by atoms with Crippen LogP contribution in [-0.4, -0.2) is 43.1 Å². The Morgan fingerprint density at radius 2 is 2.00 bits per heavy atom. The lowest BCUT2D eigenvalue weighted by molar-refractivity contribution is 0.224. The Morgan fingerprint density at radius 1 is 1.13 bits per heavy atom. The molecule has 7 nitrogen and oxygen atoms in total. The Bertz CT molecular complexity index is 731. The first-order chi connectivity index (χ1) is 11.2.